The number of rotatable bonds is 3. The van der Waals surface area contributed by atoms with Crippen molar-refractivity contribution >= 4 is 23.7 Å². The SMILES string of the molecule is OB(O)c1ccccc1C1=CC=C=CC=C1c1ccccc1. The Morgan fingerprint density at radius 2 is 1.36 bits per heavy atom. The van der Waals surface area contributed by atoms with Crippen LogP contribution in [0.15, 0.2) is 84.6 Å². The van der Waals surface area contributed by atoms with Crippen molar-refractivity contribution < 1.29 is 10.0 Å². The van der Waals surface area contributed by atoms with Crippen LogP contribution in [0.3, 0.4) is 0 Å². The van der Waals surface area contributed by atoms with Gasteiger partial charge < -0.3 is 10.0 Å². The van der Waals surface area contributed by atoms with Crippen molar-refractivity contribution in [3.63, 3.8) is 0 Å². The average Bonchev–Trinajstić information content (AvgIpc) is 2.81. The highest BCUT2D eigenvalue weighted by molar-refractivity contribution is 6.60. The van der Waals surface area contributed by atoms with E-state index in [1.807, 2.05) is 66.8 Å². The predicted octanol–water partition coefficient (Wildman–Crippen LogP) is 2.56. The van der Waals surface area contributed by atoms with Crippen LogP contribution >= 0.6 is 0 Å². The molecule has 2 nitrogen and oxygen atoms in total. The lowest BCUT2D eigenvalue weighted by Gasteiger charge is -2.15. The maximum atomic E-state index is 9.64. The second-order valence-corrected chi connectivity index (χ2v) is 4.99. The summed E-state index contributed by atoms with van der Waals surface area (Å²) in [5, 5.41) is 19.3. The van der Waals surface area contributed by atoms with E-state index in [0.717, 1.165) is 22.3 Å². The van der Waals surface area contributed by atoms with Gasteiger partial charge in [0, 0.05) is 0 Å². The van der Waals surface area contributed by atoms with Gasteiger partial charge in [-0.3, -0.25) is 0 Å². The van der Waals surface area contributed by atoms with Gasteiger partial charge in [0.05, 0.1) is 0 Å². The van der Waals surface area contributed by atoms with Gasteiger partial charge in [-0.25, -0.2) is 0 Å². The van der Waals surface area contributed by atoms with Crippen molar-refractivity contribution in [1.82, 2.24) is 0 Å². The van der Waals surface area contributed by atoms with E-state index in [2.05, 4.69) is 5.73 Å². The van der Waals surface area contributed by atoms with E-state index in [1.54, 1.807) is 12.1 Å². The molecular formula is C19H15BO2. The maximum absolute atomic E-state index is 9.64. The summed E-state index contributed by atoms with van der Waals surface area (Å²) in [6.45, 7) is 0. The summed E-state index contributed by atoms with van der Waals surface area (Å²) < 4.78 is 0. The Balaban J connectivity index is 2.16. The second-order valence-electron chi connectivity index (χ2n) is 4.99. The molecule has 0 saturated carbocycles. The molecule has 3 heteroatoms. The van der Waals surface area contributed by atoms with Crippen molar-refractivity contribution in [2.75, 3.05) is 0 Å². The van der Waals surface area contributed by atoms with Crippen LogP contribution in [0.5, 0.6) is 0 Å². The summed E-state index contributed by atoms with van der Waals surface area (Å²) in [4.78, 5) is 0. The van der Waals surface area contributed by atoms with Crippen LogP contribution in [0.25, 0.3) is 11.1 Å². The fourth-order valence-electron chi connectivity index (χ4n) is 2.57. The van der Waals surface area contributed by atoms with Crippen LogP contribution < -0.4 is 5.46 Å². The monoisotopic (exact) mass is 286 g/mol. The molecule has 0 unspecified atom stereocenters. The third-order valence-corrected chi connectivity index (χ3v) is 3.60. The first-order valence-electron chi connectivity index (χ1n) is 7.11. The van der Waals surface area contributed by atoms with Gasteiger partial charge in [0.2, 0.25) is 0 Å². The highest BCUT2D eigenvalue weighted by Crippen LogP contribution is 2.31. The number of benzene rings is 2. The molecular weight excluding hydrogens is 271 g/mol. The van der Waals surface area contributed by atoms with E-state index in [0.29, 0.717) is 5.46 Å². The Morgan fingerprint density at radius 3 is 2.09 bits per heavy atom. The molecule has 1 aliphatic rings. The lowest BCUT2D eigenvalue weighted by Crippen LogP contribution is -2.32. The average molecular weight is 286 g/mol. The molecule has 0 spiro atoms. The molecule has 3 rings (SSSR count). The van der Waals surface area contributed by atoms with Crippen molar-refractivity contribution in [2.45, 2.75) is 0 Å². The highest BCUT2D eigenvalue weighted by atomic mass is 16.4. The lowest BCUT2D eigenvalue weighted by molar-refractivity contribution is 0.425. The molecule has 2 aromatic rings. The van der Waals surface area contributed by atoms with E-state index >= 15 is 0 Å². The Morgan fingerprint density at radius 1 is 0.727 bits per heavy atom. The molecule has 0 saturated heterocycles. The number of hydrogen-bond donors (Lipinski definition) is 2. The second kappa shape index (κ2) is 6.46. The van der Waals surface area contributed by atoms with Crippen LogP contribution in [0.4, 0.5) is 0 Å². The van der Waals surface area contributed by atoms with Gasteiger partial charge in [-0.15, -0.1) is 5.73 Å². The Kier molecular flexibility index (Phi) is 4.22. The standard InChI is InChI=1S/C19H15BO2/c21-20(22)19-14-8-7-13-18(19)17-12-6-2-5-11-16(17)15-9-3-1-4-10-15/h1,3-14,21-22H. The van der Waals surface area contributed by atoms with Gasteiger partial charge in [0.25, 0.3) is 0 Å². The topological polar surface area (TPSA) is 40.5 Å². The molecule has 106 valence electrons. The Labute approximate surface area is 130 Å². The van der Waals surface area contributed by atoms with Crippen molar-refractivity contribution in [1.29, 1.82) is 0 Å². The minimum absolute atomic E-state index is 0.492. The maximum Gasteiger partial charge on any atom is 0.489 e. The highest BCUT2D eigenvalue weighted by Gasteiger charge is 2.20. The van der Waals surface area contributed by atoms with Gasteiger partial charge in [0.1, 0.15) is 0 Å². The van der Waals surface area contributed by atoms with Crippen LogP contribution in [0, 0.1) is 0 Å². The third kappa shape index (κ3) is 2.88. The van der Waals surface area contributed by atoms with Gasteiger partial charge >= 0.3 is 7.12 Å². The van der Waals surface area contributed by atoms with E-state index in [-0.39, 0.29) is 0 Å². The molecule has 2 N–H and O–H groups in total. The molecule has 0 radical (unpaired) electrons. The zero-order valence-corrected chi connectivity index (χ0v) is 12.0. The summed E-state index contributed by atoms with van der Waals surface area (Å²) in [7, 11) is -1.51. The van der Waals surface area contributed by atoms with Crippen LogP contribution in [0.2, 0.25) is 0 Å². The minimum Gasteiger partial charge on any atom is -0.423 e. The van der Waals surface area contributed by atoms with E-state index in [4.69, 9.17) is 0 Å². The first kappa shape index (κ1) is 14.4. The number of hydrogen-bond acceptors (Lipinski definition) is 2. The third-order valence-electron chi connectivity index (χ3n) is 3.60. The molecule has 22 heavy (non-hydrogen) atoms. The van der Waals surface area contributed by atoms with Crippen molar-refractivity contribution in [3.8, 4) is 0 Å². The van der Waals surface area contributed by atoms with Gasteiger partial charge in [-0.2, -0.15) is 0 Å². The van der Waals surface area contributed by atoms with Crippen LogP contribution in [-0.4, -0.2) is 17.2 Å². The molecule has 1 aliphatic carbocycles. The zero-order chi connectivity index (χ0) is 15.4. The predicted molar refractivity (Wildman–Crippen MR) is 91.3 cm³/mol. The van der Waals surface area contributed by atoms with E-state index in [9.17, 15) is 10.0 Å². The smallest absolute Gasteiger partial charge is 0.423 e. The quantitative estimate of drug-likeness (QED) is 0.672. The lowest BCUT2D eigenvalue weighted by atomic mass is 9.74. The normalized spacial score (nSPS) is 13.4. The summed E-state index contributed by atoms with van der Waals surface area (Å²) in [5.41, 5.74) is 7.40. The van der Waals surface area contributed by atoms with Gasteiger partial charge in [0.15, 0.2) is 0 Å². The van der Waals surface area contributed by atoms with Gasteiger partial charge in [-0.1, -0.05) is 54.6 Å². The molecule has 0 fully saturated rings. The summed E-state index contributed by atoms with van der Waals surface area (Å²) in [6, 6.07) is 17.4. The molecule has 0 heterocycles. The molecule has 0 atom stereocenters. The molecule has 0 bridgehead atoms. The first-order valence-corrected chi connectivity index (χ1v) is 7.11. The molecule has 0 amide bonds. The Bertz CT molecular complexity index is 795. The van der Waals surface area contributed by atoms with Gasteiger partial charge in [-0.05, 0) is 52.0 Å². The molecule has 0 aliphatic heterocycles. The Hall–Kier alpha value is -2.58. The summed E-state index contributed by atoms with van der Waals surface area (Å²) >= 11 is 0. The van der Waals surface area contributed by atoms with Crippen LogP contribution in [0.1, 0.15) is 11.1 Å². The zero-order valence-electron chi connectivity index (χ0n) is 12.0. The summed E-state index contributed by atoms with van der Waals surface area (Å²) in [6.07, 6.45) is 7.64. The molecule has 2 aromatic carbocycles. The fraction of sp³-hybridized carbons (Fsp3) is 0. The summed E-state index contributed by atoms with van der Waals surface area (Å²) in [5.74, 6) is 0. The fourth-order valence-corrected chi connectivity index (χ4v) is 2.57. The van der Waals surface area contributed by atoms with Crippen LogP contribution in [-0.2, 0) is 0 Å². The van der Waals surface area contributed by atoms with E-state index in [1.165, 1.54) is 0 Å². The largest absolute Gasteiger partial charge is 0.489 e. The first-order chi connectivity index (χ1) is 10.8. The van der Waals surface area contributed by atoms with E-state index < -0.39 is 7.12 Å². The van der Waals surface area contributed by atoms with Crippen molar-refractivity contribution in [2.24, 2.45) is 0 Å². The molecule has 0 aromatic heterocycles. The number of allylic oxidation sites excluding steroid dienone is 5. The van der Waals surface area contributed by atoms with Crippen molar-refractivity contribution in [3.05, 3.63) is 95.8 Å². The minimum atomic E-state index is -1.51.